The van der Waals surface area contributed by atoms with Crippen LogP contribution in [0.25, 0.3) is 17.2 Å². The molecule has 1 aliphatic rings. The summed E-state index contributed by atoms with van der Waals surface area (Å²) in [5, 5.41) is 18.5. The highest BCUT2D eigenvalue weighted by atomic mass is 16.5. The van der Waals surface area contributed by atoms with Crippen LogP contribution in [0.3, 0.4) is 0 Å². The van der Waals surface area contributed by atoms with Crippen LogP contribution >= 0.6 is 0 Å². The largest absolute Gasteiger partial charge is 0.439 e. The van der Waals surface area contributed by atoms with E-state index in [4.69, 9.17) is 9.15 Å². The Bertz CT molecular complexity index is 1330. The van der Waals surface area contributed by atoms with E-state index in [1.165, 1.54) is 0 Å². The zero-order valence-electron chi connectivity index (χ0n) is 25.3. The lowest BCUT2D eigenvalue weighted by atomic mass is 10.2. The van der Waals surface area contributed by atoms with Crippen LogP contribution in [0.1, 0.15) is 31.6 Å². The number of allylic oxidation sites excluding steroid dienone is 2. The second-order valence-electron chi connectivity index (χ2n) is 12.3. The van der Waals surface area contributed by atoms with Gasteiger partial charge in [0.1, 0.15) is 0 Å². The monoisotopic (exact) mass is 565 g/mol. The van der Waals surface area contributed by atoms with Gasteiger partial charge in [0, 0.05) is 45.1 Å². The van der Waals surface area contributed by atoms with Gasteiger partial charge in [0.15, 0.2) is 12.3 Å². The first-order valence-electron chi connectivity index (χ1n) is 14.9. The van der Waals surface area contributed by atoms with Gasteiger partial charge in [0.2, 0.25) is 11.5 Å². The summed E-state index contributed by atoms with van der Waals surface area (Å²) in [5.41, 5.74) is 3.06. The van der Waals surface area contributed by atoms with Crippen molar-refractivity contribution >= 4 is 22.9 Å². The molecule has 222 valence electrons. The predicted octanol–water partition coefficient (Wildman–Crippen LogP) is 4.17. The molecule has 4 rings (SSSR count). The van der Waals surface area contributed by atoms with Crippen molar-refractivity contribution in [3.05, 3.63) is 72.5 Å². The van der Waals surface area contributed by atoms with Crippen LogP contribution in [0.4, 0.5) is 5.69 Å². The van der Waals surface area contributed by atoms with Crippen LogP contribution in [-0.2, 0) is 6.54 Å². The Balaban J connectivity index is 1.49. The molecule has 0 aliphatic carbocycles. The summed E-state index contributed by atoms with van der Waals surface area (Å²) in [5.74, 6) is 2.50. The van der Waals surface area contributed by atoms with E-state index in [-0.39, 0.29) is 13.2 Å². The number of ether oxygens (including phenoxy) is 1. The topological polar surface area (TPSA) is 70.0 Å². The maximum atomic E-state index is 9.23. The van der Waals surface area contributed by atoms with Gasteiger partial charge >= 0.3 is 5.89 Å². The van der Waals surface area contributed by atoms with E-state index in [2.05, 4.69) is 61.9 Å². The zero-order chi connectivity index (χ0) is 29.3. The van der Waals surface area contributed by atoms with Gasteiger partial charge in [-0.25, -0.2) is 0 Å². The highest BCUT2D eigenvalue weighted by molar-refractivity contribution is 5.70. The summed E-state index contributed by atoms with van der Waals surface area (Å²) in [6.45, 7) is 6.16. The van der Waals surface area contributed by atoms with Crippen LogP contribution in [0.15, 0.2) is 71.0 Å². The minimum absolute atomic E-state index is 0.237. The number of quaternary nitrogens is 2. The van der Waals surface area contributed by atoms with Crippen LogP contribution in [0.5, 0.6) is 5.75 Å². The molecular weight excluding hydrogens is 516 g/mol. The Morgan fingerprint density at radius 3 is 2.17 bits per heavy atom. The molecule has 2 N–H and O–H groups in total. The van der Waals surface area contributed by atoms with Gasteiger partial charge < -0.3 is 33.2 Å². The van der Waals surface area contributed by atoms with Gasteiger partial charge in [0.05, 0.1) is 72.6 Å². The van der Waals surface area contributed by atoms with Crippen LogP contribution in [0.2, 0.25) is 0 Å². The molecule has 0 atom stereocenters. The van der Waals surface area contributed by atoms with E-state index < -0.39 is 0 Å². The summed E-state index contributed by atoms with van der Waals surface area (Å²) in [7, 11) is 8.89. The first-order chi connectivity index (χ1) is 19.7. The van der Waals surface area contributed by atoms with Crippen LogP contribution in [0, 0.1) is 0 Å². The van der Waals surface area contributed by atoms with Crippen molar-refractivity contribution in [2.24, 2.45) is 0 Å². The number of anilines is 1. The molecule has 0 radical (unpaired) electrons. The molecule has 0 saturated heterocycles. The summed E-state index contributed by atoms with van der Waals surface area (Å²) in [4.78, 5) is 2.25. The van der Waals surface area contributed by atoms with Gasteiger partial charge in [-0.05, 0) is 30.4 Å². The number of para-hydroxylation sites is 4. The molecule has 8 heteroatoms. The Kier molecular flexibility index (Phi) is 10.6. The van der Waals surface area contributed by atoms with Crippen molar-refractivity contribution in [1.29, 1.82) is 0 Å². The number of hydrogen-bond donors (Lipinski definition) is 2. The number of nitrogens with zero attached hydrogens (tertiary/aromatic N) is 4. The average Bonchev–Trinajstić information content (AvgIpc) is 3.48. The highest BCUT2D eigenvalue weighted by Gasteiger charge is 2.27. The Morgan fingerprint density at radius 1 is 0.805 bits per heavy atom. The smallest absolute Gasteiger partial charge is 0.374 e. The number of rotatable bonds is 16. The molecule has 0 amide bonds. The standard InChI is InChI=1S/C33H49N4O4/c1-36(2,24-12-26-38)22-10-20-34-28-14-5-7-16-30(28)40-32(34)18-9-19-33-35(29-15-6-8-17-31(29)41-33)21-11-23-37(3,4)25-13-27-39/h5-9,14-19,38-39H,10-13,20-27H2,1-4H3/q+3. The maximum absolute atomic E-state index is 9.23. The van der Waals surface area contributed by atoms with Crippen molar-refractivity contribution in [2.75, 3.05) is 79.0 Å². The molecule has 8 nitrogen and oxygen atoms in total. The third-order valence-electron chi connectivity index (χ3n) is 7.88. The Morgan fingerprint density at radius 2 is 1.44 bits per heavy atom. The number of benzene rings is 2. The number of hydrogen-bond acceptors (Lipinski definition) is 5. The minimum atomic E-state index is 0.237. The summed E-state index contributed by atoms with van der Waals surface area (Å²) in [6, 6.07) is 16.4. The minimum Gasteiger partial charge on any atom is -0.439 e. The first-order valence-corrected chi connectivity index (χ1v) is 14.9. The van der Waals surface area contributed by atoms with Crippen molar-refractivity contribution in [2.45, 2.75) is 32.2 Å². The number of oxazole rings is 1. The van der Waals surface area contributed by atoms with E-state index >= 15 is 0 Å². The SMILES string of the molecule is C[N+](C)(CCCO)CCCN1/C(=C\C=C\c2oc3ccccc3[n+]2CCC[N+](C)(C)CCCO)Oc2ccccc21. The van der Waals surface area contributed by atoms with Crippen LogP contribution in [-0.4, -0.2) is 93.3 Å². The first kappa shape index (κ1) is 30.8. The summed E-state index contributed by atoms with van der Waals surface area (Å²) >= 11 is 0. The van der Waals surface area contributed by atoms with Crippen LogP contribution < -0.4 is 14.2 Å². The number of aryl methyl sites for hydroxylation is 1. The molecule has 0 saturated carbocycles. The summed E-state index contributed by atoms with van der Waals surface area (Å²) in [6.07, 6.45) is 9.73. The van der Waals surface area contributed by atoms with Crippen molar-refractivity contribution in [3.63, 3.8) is 0 Å². The molecule has 0 bridgehead atoms. The molecule has 41 heavy (non-hydrogen) atoms. The third-order valence-corrected chi connectivity index (χ3v) is 7.88. The highest BCUT2D eigenvalue weighted by Crippen LogP contribution is 2.38. The van der Waals surface area contributed by atoms with Gasteiger partial charge in [-0.2, -0.15) is 4.57 Å². The fraction of sp³-hybridized carbons (Fsp3) is 0.485. The molecule has 0 unspecified atom stereocenters. The molecule has 1 aromatic heterocycles. The molecule has 2 heterocycles. The van der Waals surface area contributed by atoms with Gasteiger partial charge in [-0.1, -0.05) is 24.3 Å². The van der Waals surface area contributed by atoms with E-state index in [0.29, 0.717) is 0 Å². The second kappa shape index (κ2) is 14.1. The number of fused-ring (bicyclic) bond motifs is 2. The van der Waals surface area contributed by atoms with Gasteiger partial charge in [-0.15, -0.1) is 0 Å². The third kappa shape index (κ3) is 8.42. The molecule has 0 spiro atoms. The lowest BCUT2D eigenvalue weighted by Crippen LogP contribution is -2.44. The Labute approximate surface area is 245 Å². The zero-order valence-corrected chi connectivity index (χ0v) is 25.3. The fourth-order valence-electron chi connectivity index (χ4n) is 5.56. The van der Waals surface area contributed by atoms with E-state index in [1.54, 1.807) is 0 Å². The van der Waals surface area contributed by atoms with Crippen molar-refractivity contribution in [1.82, 2.24) is 0 Å². The van der Waals surface area contributed by atoms with E-state index in [1.807, 2.05) is 42.5 Å². The maximum Gasteiger partial charge on any atom is 0.374 e. The molecule has 0 fully saturated rings. The number of aromatic nitrogens is 1. The number of aliphatic hydroxyl groups is 2. The predicted molar refractivity (Wildman–Crippen MR) is 164 cm³/mol. The molecule has 3 aromatic rings. The average molecular weight is 566 g/mol. The quantitative estimate of drug-likeness (QED) is 0.202. The molecular formula is C33H49N4O4+3. The Hall–Kier alpha value is -3.17. The van der Waals surface area contributed by atoms with Gasteiger partial charge in [0.25, 0.3) is 5.52 Å². The summed E-state index contributed by atoms with van der Waals surface area (Å²) < 4.78 is 16.6. The normalized spacial score (nSPS) is 14.9. The van der Waals surface area contributed by atoms with E-state index in [9.17, 15) is 10.2 Å². The van der Waals surface area contributed by atoms with E-state index in [0.717, 1.165) is 108 Å². The lowest BCUT2D eigenvalue weighted by molar-refractivity contribution is -0.892. The molecule has 1 aliphatic heterocycles. The molecule has 2 aromatic carbocycles. The fourth-order valence-corrected chi connectivity index (χ4v) is 5.56. The lowest BCUT2D eigenvalue weighted by Gasteiger charge is -2.30. The van der Waals surface area contributed by atoms with Gasteiger partial charge in [-0.3, -0.25) is 0 Å². The number of aliphatic hydroxyl groups excluding tert-OH is 2. The van der Waals surface area contributed by atoms with Crippen molar-refractivity contribution < 1.29 is 32.9 Å². The second-order valence-corrected chi connectivity index (χ2v) is 12.3. The van der Waals surface area contributed by atoms with Crippen molar-refractivity contribution in [3.8, 4) is 5.75 Å².